The number of hydrogen-bond donors (Lipinski definition) is 0. The van der Waals surface area contributed by atoms with Crippen molar-refractivity contribution in [1.29, 1.82) is 0 Å². The third-order valence-corrected chi connectivity index (χ3v) is 11.4. The van der Waals surface area contributed by atoms with Crippen LogP contribution in [0.3, 0.4) is 0 Å². The maximum absolute atomic E-state index is 12.9. The van der Waals surface area contributed by atoms with Gasteiger partial charge in [-0.25, -0.2) is 0 Å². The van der Waals surface area contributed by atoms with Crippen LogP contribution in [0.2, 0.25) is 0 Å². The molecule has 0 aromatic carbocycles. The van der Waals surface area contributed by atoms with Crippen LogP contribution >= 0.6 is 0 Å². The summed E-state index contributed by atoms with van der Waals surface area (Å²) in [5.41, 5.74) is 0. The van der Waals surface area contributed by atoms with Gasteiger partial charge in [0, 0.05) is 19.3 Å². The summed E-state index contributed by atoms with van der Waals surface area (Å²) in [4.78, 5) is 38.1. The van der Waals surface area contributed by atoms with E-state index >= 15 is 0 Å². The lowest BCUT2D eigenvalue weighted by Crippen LogP contribution is -2.30. The van der Waals surface area contributed by atoms with Crippen molar-refractivity contribution in [2.75, 3.05) is 13.2 Å². The third kappa shape index (κ3) is 54.5. The molecule has 0 aromatic heterocycles. The second-order valence-electron chi connectivity index (χ2n) is 18.1. The Bertz CT molecular complexity index is 1530. The van der Waals surface area contributed by atoms with Gasteiger partial charge in [-0.2, -0.15) is 0 Å². The lowest BCUT2D eigenvalue weighted by Gasteiger charge is -2.18. The zero-order valence-electron chi connectivity index (χ0n) is 45.0. The number of carbonyl (C=O) groups excluding carboxylic acids is 3. The Morgan fingerprint density at radius 3 is 0.900 bits per heavy atom. The molecule has 0 N–H and O–H groups in total. The first-order chi connectivity index (χ1) is 34.5. The number of allylic oxidation sites excluding steroid dienone is 22. The second-order valence-corrected chi connectivity index (χ2v) is 18.1. The fourth-order valence-electron chi connectivity index (χ4n) is 7.18. The summed E-state index contributed by atoms with van der Waals surface area (Å²) in [6.45, 7) is 6.31. The van der Waals surface area contributed by atoms with Crippen molar-refractivity contribution >= 4 is 17.9 Å². The van der Waals surface area contributed by atoms with Crippen LogP contribution < -0.4 is 0 Å². The lowest BCUT2D eigenvalue weighted by molar-refractivity contribution is -0.167. The third-order valence-electron chi connectivity index (χ3n) is 11.4. The molecular formula is C64H102O6. The topological polar surface area (TPSA) is 78.9 Å². The van der Waals surface area contributed by atoms with Crippen LogP contribution in [0.4, 0.5) is 0 Å². The van der Waals surface area contributed by atoms with Gasteiger partial charge in [-0.3, -0.25) is 14.4 Å². The molecule has 6 nitrogen and oxygen atoms in total. The average molecular weight is 968 g/mol. The first-order valence-electron chi connectivity index (χ1n) is 28.2. The molecule has 0 aliphatic carbocycles. The van der Waals surface area contributed by atoms with Crippen LogP contribution in [0, 0.1) is 0 Å². The second kappa shape index (κ2) is 57.1. The van der Waals surface area contributed by atoms with E-state index in [0.29, 0.717) is 25.7 Å². The summed E-state index contributed by atoms with van der Waals surface area (Å²) >= 11 is 0. The maximum atomic E-state index is 12.9. The van der Waals surface area contributed by atoms with Gasteiger partial charge in [-0.1, -0.05) is 219 Å². The van der Waals surface area contributed by atoms with Crippen molar-refractivity contribution in [2.24, 2.45) is 0 Å². The molecule has 0 spiro atoms. The van der Waals surface area contributed by atoms with E-state index in [2.05, 4.69) is 154 Å². The highest BCUT2D eigenvalue weighted by Gasteiger charge is 2.19. The van der Waals surface area contributed by atoms with Gasteiger partial charge in [0.15, 0.2) is 6.10 Å². The standard InChI is InChI=1S/C64H102O6/c1-4-7-10-13-16-19-22-25-28-30-31-32-33-35-36-39-42-45-48-51-54-57-63(66)69-60-61(59-68-62(65)56-53-50-47-44-41-38-27-24-21-18-15-12-9-6-3)70-64(67)58-55-52-49-46-43-40-37-34-29-26-23-20-17-14-11-8-5-2/h7-8,10-11,15-20,24-29,31-32,35-36,42,45,61H,4-6,9,12-14,21-23,30,33-34,37-41,43-44,46-60H2,1-3H3/b10-7-,11-8-,18-15-,19-16-,20-17-,27-24-,28-25-,29-26-,32-31-,36-35-,45-42-. The molecule has 394 valence electrons. The molecule has 0 aliphatic heterocycles. The van der Waals surface area contributed by atoms with E-state index in [9.17, 15) is 14.4 Å². The molecule has 0 radical (unpaired) electrons. The summed E-state index contributed by atoms with van der Waals surface area (Å²) in [5, 5.41) is 0. The minimum absolute atomic E-state index is 0.108. The van der Waals surface area contributed by atoms with Gasteiger partial charge < -0.3 is 14.2 Å². The van der Waals surface area contributed by atoms with Gasteiger partial charge in [0.05, 0.1) is 0 Å². The Kier molecular flexibility index (Phi) is 53.5. The molecule has 0 fully saturated rings. The van der Waals surface area contributed by atoms with E-state index in [-0.39, 0.29) is 31.1 Å². The molecule has 0 aliphatic rings. The Morgan fingerprint density at radius 2 is 0.557 bits per heavy atom. The predicted molar refractivity (Wildman–Crippen MR) is 302 cm³/mol. The van der Waals surface area contributed by atoms with Crippen LogP contribution in [0.1, 0.15) is 233 Å². The smallest absolute Gasteiger partial charge is 0.306 e. The summed E-state index contributed by atoms with van der Waals surface area (Å²) < 4.78 is 16.8. The number of unbranched alkanes of at least 4 members (excludes halogenated alkanes) is 16. The van der Waals surface area contributed by atoms with E-state index in [1.54, 1.807) is 0 Å². The lowest BCUT2D eigenvalue weighted by atomic mass is 10.1. The van der Waals surface area contributed by atoms with E-state index in [1.807, 2.05) is 0 Å². The van der Waals surface area contributed by atoms with Gasteiger partial charge in [0.1, 0.15) is 13.2 Å². The van der Waals surface area contributed by atoms with Crippen molar-refractivity contribution in [2.45, 2.75) is 239 Å². The SMILES string of the molecule is CC/C=C\C/C=C\C/C=C\C/C=C\C/C=C\C/C=C\CCCCC(=O)OCC(COC(=O)CCCCCCC/C=C\C/C=C\CCCC)OC(=O)CCCCCCCCC/C=C\C/C=C\C/C=C\CC. The Morgan fingerprint density at radius 1 is 0.300 bits per heavy atom. The molecule has 6 heteroatoms. The van der Waals surface area contributed by atoms with Gasteiger partial charge in [-0.15, -0.1) is 0 Å². The van der Waals surface area contributed by atoms with Crippen LogP contribution in [0.5, 0.6) is 0 Å². The minimum Gasteiger partial charge on any atom is -0.462 e. The molecule has 0 rings (SSSR count). The van der Waals surface area contributed by atoms with Crippen LogP contribution in [0.15, 0.2) is 134 Å². The number of esters is 3. The van der Waals surface area contributed by atoms with Gasteiger partial charge >= 0.3 is 17.9 Å². The number of hydrogen-bond acceptors (Lipinski definition) is 6. The van der Waals surface area contributed by atoms with Crippen LogP contribution in [-0.4, -0.2) is 37.2 Å². The monoisotopic (exact) mass is 967 g/mol. The predicted octanol–water partition coefficient (Wildman–Crippen LogP) is 19.0. The Labute approximate surface area is 430 Å². The largest absolute Gasteiger partial charge is 0.462 e. The molecule has 70 heavy (non-hydrogen) atoms. The quantitative estimate of drug-likeness (QED) is 0.0262. The minimum atomic E-state index is -0.813. The van der Waals surface area contributed by atoms with E-state index < -0.39 is 6.10 Å². The Hall–Kier alpha value is -4.45. The van der Waals surface area contributed by atoms with E-state index in [4.69, 9.17) is 14.2 Å². The summed E-state index contributed by atoms with van der Waals surface area (Å²) in [6, 6.07) is 0. The zero-order chi connectivity index (χ0) is 50.7. The van der Waals surface area contributed by atoms with Crippen molar-refractivity contribution in [3.05, 3.63) is 134 Å². The van der Waals surface area contributed by atoms with Crippen molar-refractivity contribution in [1.82, 2.24) is 0 Å². The molecular weight excluding hydrogens is 865 g/mol. The molecule has 1 atom stereocenters. The van der Waals surface area contributed by atoms with Gasteiger partial charge in [-0.05, 0) is 128 Å². The highest BCUT2D eigenvalue weighted by Crippen LogP contribution is 2.13. The first-order valence-corrected chi connectivity index (χ1v) is 28.2. The van der Waals surface area contributed by atoms with E-state index in [0.717, 1.165) is 148 Å². The molecule has 1 unspecified atom stereocenters. The molecule has 0 saturated heterocycles. The average Bonchev–Trinajstić information content (AvgIpc) is 3.36. The van der Waals surface area contributed by atoms with Gasteiger partial charge in [0.25, 0.3) is 0 Å². The fourth-order valence-corrected chi connectivity index (χ4v) is 7.18. The summed E-state index contributed by atoms with van der Waals surface area (Å²) in [7, 11) is 0. The molecule has 0 saturated carbocycles. The van der Waals surface area contributed by atoms with E-state index in [1.165, 1.54) is 38.5 Å². The fraction of sp³-hybridized carbons (Fsp3) is 0.609. The number of rotatable bonds is 49. The van der Waals surface area contributed by atoms with Crippen LogP contribution in [0.25, 0.3) is 0 Å². The molecule has 0 bridgehead atoms. The maximum Gasteiger partial charge on any atom is 0.306 e. The highest BCUT2D eigenvalue weighted by molar-refractivity contribution is 5.71. The van der Waals surface area contributed by atoms with Crippen molar-refractivity contribution < 1.29 is 28.6 Å². The molecule has 0 aromatic rings. The number of ether oxygens (including phenoxy) is 3. The van der Waals surface area contributed by atoms with Gasteiger partial charge in [0.2, 0.25) is 0 Å². The normalized spacial score (nSPS) is 13.1. The molecule has 0 heterocycles. The summed E-state index contributed by atoms with van der Waals surface area (Å²) in [5.74, 6) is -0.981. The van der Waals surface area contributed by atoms with Crippen molar-refractivity contribution in [3.8, 4) is 0 Å². The number of carbonyl (C=O) groups is 3. The first kappa shape index (κ1) is 65.5. The van der Waals surface area contributed by atoms with Crippen LogP contribution in [-0.2, 0) is 28.6 Å². The molecule has 0 amide bonds. The Balaban J connectivity index is 4.52. The summed E-state index contributed by atoms with van der Waals surface area (Å²) in [6.07, 6.45) is 80.1. The van der Waals surface area contributed by atoms with Crippen molar-refractivity contribution in [3.63, 3.8) is 0 Å². The zero-order valence-corrected chi connectivity index (χ0v) is 45.0. The highest BCUT2D eigenvalue weighted by atomic mass is 16.6.